The van der Waals surface area contributed by atoms with Crippen LogP contribution < -0.4 is 15.0 Å². The molecule has 7 nitrogen and oxygen atoms in total. The summed E-state index contributed by atoms with van der Waals surface area (Å²) in [6, 6.07) is 7.26. The molecule has 0 spiro atoms. The van der Waals surface area contributed by atoms with Gasteiger partial charge in [0.25, 0.3) is 0 Å². The summed E-state index contributed by atoms with van der Waals surface area (Å²) >= 11 is 1.35. The number of carbonyl (C=O) groups is 2. The summed E-state index contributed by atoms with van der Waals surface area (Å²) in [7, 11) is 1.58. The van der Waals surface area contributed by atoms with Crippen molar-refractivity contribution < 1.29 is 14.3 Å². The first-order chi connectivity index (χ1) is 11.6. The van der Waals surface area contributed by atoms with Crippen molar-refractivity contribution in [1.29, 1.82) is 0 Å². The number of methoxy groups -OCH3 is 1. The van der Waals surface area contributed by atoms with Crippen LogP contribution in [0.2, 0.25) is 0 Å². The van der Waals surface area contributed by atoms with E-state index < -0.39 is 5.92 Å². The third-order valence-electron chi connectivity index (χ3n) is 3.86. The van der Waals surface area contributed by atoms with Gasteiger partial charge in [0.05, 0.1) is 13.0 Å². The number of benzene rings is 1. The number of nitrogens with zero attached hydrogens (tertiary/aromatic N) is 3. The Morgan fingerprint density at radius 2 is 2.29 bits per heavy atom. The maximum absolute atomic E-state index is 12.4. The molecule has 0 bridgehead atoms. The number of aryl methyl sites for hydroxylation is 1. The fourth-order valence-electron chi connectivity index (χ4n) is 2.57. The highest BCUT2D eigenvalue weighted by atomic mass is 32.1. The van der Waals surface area contributed by atoms with Gasteiger partial charge in [0.15, 0.2) is 0 Å². The Hall–Kier alpha value is -2.48. The molecule has 1 N–H and O–H groups in total. The molecule has 126 valence electrons. The molecular weight excluding hydrogens is 328 g/mol. The highest BCUT2D eigenvalue weighted by Gasteiger charge is 2.35. The minimum atomic E-state index is -0.405. The minimum Gasteiger partial charge on any atom is -0.497 e. The number of nitrogens with one attached hydrogen (secondary N) is 1. The van der Waals surface area contributed by atoms with Crippen molar-refractivity contribution in [2.75, 3.05) is 23.9 Å². The molecule has 2 aromatic rings. The minimum absolute atomic E-state index is 0.0742. The van der Waals surface area contributed by atoms with Crippen molar-refractivity contribution in [2.24, 2.45) is 5.92 Å². The van der Waals surface area contributed by atoms with E-state index in [0.29, 0.717) is 17.4 Å². The van der Waals surface area contributed by atoms with Crippen LogP contribution in [0.4, 0.5) is 10.8 Å². The number of aromatic nitrogens is 2. The Labute approximate surface area is 143 Å². The molecule has 1 atom stereocenters. The summed E-state index contributed by atoms with van der Waals surface area (Å²) in [6.07, 6.45) is 0.960. The first-order valence-corrected chi connectivity index (χ1v) is 8.50. The number of carbonyl (C=O) groups excluding carboxylic acids is 2. The van der Waals surface area contributed by atoms with E-state index >= 15 is 0 Å². The smallest absolute Gasteiger partial charge is 0.231 e. The van der Waals surface area contributed by atoms with Gasteiger partial charge in [0, 0.05) is 24.7 Å². The lowest BCUT2D eigenvalue weighted by molar-refractivity contribution is -0.122. The summed E-state index contributed by atoms with van der Waals surface area (Å²) in [5, 5.41) is 12.0. The van der Waals surface area contributed by atoms with E-state index in [1.54, 1.807) is 18.1 Å². The standard InChI is InChI=1S/C16H18N4O3S/c1-3-13-18-19-16(24-13)17-15(22)10-7-14(21)20(9-10)11-5-4-6-12(8-11)23-2/h4-6,8,10H,3,7,9H2,1-2H3,(H,17,19,22). The van der Waals surface area contributed by atoms with Crippen molar-refractivity contribution in [3.63, 3.8) is 0 Å². The lowest BCUT2D eigenvalue weighted by Crippen LogP contribution is -2.28. The van der Waals surface area contributed by atoms with Gasteiger partial charge < -0.3 is 15.0 Å². The summed E-state index contributed by atoms with van der Waals surface area (Å²) < 4.78 is 5.18. The van der Waals surface area contributed by atoms with Crippen LogP contribution in [0.5, 0.6) is 5.75 Å². The second-order valence-corrected chi connectivity index (χ2v) is 6.51. The van der Waals surface area contributed by atoms with E-state index in [0.717, 1.165) is 17.1 Å². The molecule has 1 aromatic carbocycles. The van der Waals surface area contributed by atoms with Gasteiger partial charge >= 0.3 is 0 Å². The van der Waals surface area contributed by atoms with Gasteiger partial charge in [0.2, 0.25) is 16.9 Å². The Kier molecular flexibility index (Phi) is 4.75. The average molecular weight is 346 g/mol. The monoisotopic (exact) mass is 346 g/mol. The molecule has 1 unspecified atom stereocenters. The first kappa shape index (κ1) is 16.4. The Morgan fingerprint density at radius 1 is 1.46 bits per heavy atom. The third kappa shape index (κ3) is 3.38. The molecular formula is C16H18N4O3S. The summed E-state index contributed by atoms with van der Waals surface area (Å²) in [5.74, 6) is -0.00528. The molecule has 1 aliphatic heterocycles. The van der Waals surface area contributed by atoms with E-state index in [-0.39, 0.29) is 18.2 Å². The Morgan fingerprint density at radius 3 is 3.00 bits per heavy atom. The van der Waals surface area contributed by atoms with Gasteiger partial charge in [-0.1, -0.05) is 24.3 Å². The normalized spacial score (nSPS) is 17.2. The Balaban J connectivity index is 1.68. The predicted octanol–water partition coefficient (Wildman–Crippen LogP) is 2.10. The topological polar surface area (TPSA) is 84.4 Å². The zero-order valence-electron chi connectivity index (χ0n) is 13.5. The first-order valence-electron chi connectivity index (χ1n) is 7.68. The lowest BCUT2D eigenvalue weighted by Gasteiger charge is -2.17. The SMILES string of the molecule is CCc1nnc(NC(=O)C2CC(=O)N(c3cccc(OC)c3)C2)s1. The van der Waals surface area contributed by atoms with Gasteiger partial charge in [0.1, 0.15) is 10.8 Å². The zero-order chi connectivity index (χ0) is 17.1. The van der Waals surface area contributed by atoms with E-state index in [4.69, 9.17) is 4.74 Å². The van der Waals surface area contributed by atoms with E-state index in [9.17, 15) is 9.59 Å². The summed E-state index contributed by atoms with van der Waals surface area (Å²) in [4.78, 5) is 26.3. The predicted molar refractivity (Wildman–Crippen MR) is 91.4 cm³/mol. The molecule has 2 amide bonds. The van der Waals surface area contributed by atoms with E-state index in [1.165, 1.54) is 11.3 Å². The van der Waals surface area contributed by atoms with Crippen LogP contribution in [-0.4, -0.2) is 35.7 Å². The van der Waals surface area contributed by atoms with Crippen LogP contribution in [0.15, 0.2) is 24.3 Å². The number of rotatable bonds is 5. The molecule has 24 heavy (non-hydrogen) atoms. The number of ether oxygens (including phenoxy) is 1. The van der Waals surface area contributed by atoms with Crippen molar-refractivity contribution in [3.8, 4) is 5.75 Å². The third-order valence-corrected chi connectivity index (χ3v) is 4.84. The number of anilines is 2. The largest absolute Gasteiger partial charge is 0.497 e. The van der Waals surface area contributed by atoms with Gasteiger partial charge in [-0.15, -0.1) is 10.2 Å². The Bertz CT molecular complexity index is 761. The molecule has 8 heteroatoms. The number of hydrogen-bond acceptors (Lipinski definition) is 6. The van der Waals surface area contributed by atoms with Crippen molar-refractivity contribution in [3.05, 3.63) is 29.3 Å². The van der Waals surface area contributed by atoms with Crippen LogP contribution in [-0.2, 0) is 16.0 Å². The molecule has 0 aliphatic carbocycles. The van der Waals surface area contributed by atoms with Crippen LogP contribution in [0.25, 0.3) is 0 Å². The second kappa shape index (κ2) is 6.96. The van der Waals surface area contributed by atoms with E-state index in [2.05, 4.69) is 15.5 Å². The molecule has 1 saturated heterocycles. The average Bonchev–Trinajstić information content (AvgIpc) is 3.21. The maximum atomic E-state index is 12.4. The molecule has 3 rings (SSSR count). The quantitative estimate of drug-likeness (QED) is 0.896. The van der Waals surface area contributed by atoms with E-state index in [1.807, 2.05) is 25.1 Å². The molecule has 0 radical (unpaired) electrons. The van der Waals surface area contributed by atoms with Gasteiger partial charge in [-0.25, -0.2) is 0 Å². The van der Waals surface area contributed by atoms with Crippen LogP contribution in [0.1, 0.15) is 18.4 Å². The lowest BCUT2D eigenvalue weighted by atomic mass is 10.1. The van der Waals surface area contributed by atoms with Crippen LogP contribution in [0.3, 0.4) is 0 Å². The van der Waals surface area contributed by atoms with Crippen molar-refractivity contribution in [2.45, 2.75) is 19.8 Å². The molecule has 1 fully saturated rings. The molecule has 0 saturated carbocycles. The van der Waals surface area contributed by atoms with Gasteiger partial charge in [-0.2, -0.15) is 0 Å². The van der Waals surface area contributed by atoms with Crippen molar-refractivity contribution >= 4 is 34.0 Å². The fraction of sp³-hybridized carbons (Fsp3) is 0.375. The molecule has 1 aliphatic rings. The molecule has 1 aromatic heterocycles. The summed E-state index contributed by atoms with van der Waals surface area (Å²) in [5.41, 5.74) is 0.735. The highest BCUT2D eigenvalue weighted by molar-refractivity contribution is 7.15. The zero-order valence-corrected chi connectivity index (χ0v) is 14.3. The summed E-state index contributed by atoms with van der Waals surface area (Å²) in [6.45, 7) is 2.32. The second-order valence-electron chi connectivity index (χ2n) is 5.45. The number of hydrogen-bond donors (Lipinski definition) is 1. The highest BCUT2D eigenvalue weighted by Crippen LogP contribution is 2.28. The van der Waals surface area contributed by atoms with Crippen molar-refractivity contribution in [1.82, 2.24) is 10.2 Å². The van der Waals surface area contributed by atoms with Gasteiger partial charge in [-0.05, 0) is 18.6 Å². The fourth-order valence-corrected chi connectivity index (χ4v) is 3.25. The maximum Gasteiger partial charge on any atom is 0.231 e. The van der Waals surface area contributed by atoms with Crippen LogP contribution >= 0.6 is 11.3 Å². The van der Waals surface area contributed by atoms with Gasteiger partial charge in [-0.3, -0.25) is 9.59 Å². The molecule has 2 heterocycles. The van der Waals surface area contributed by atoms with Crippen LogP contribution in [0, 0.1) is 5.92 Å². The number of amides is 2.